The van der Waals surface area contributed by atoms with Crippen LogP contribution in [0.25, 0.3) is 34.2 Å². The normalized spacial score (nSPS) is 10.6. The highest BCUT2D eigenvalue weighted by atomic mass is 35.5. The third-order valence-electron chi connectivity index (χ3n) is 4.17. The highest BCUT2D eigenvalue weighted by molar-refractivity contribution is 6.30. The lowest BCUT2D eigenvalue weighted by Gasteiger charge is -2.10. The molecular formula is C22H11ClF2N4. The van der Waals surface area contributed by atoms with E-state index in [0.717, 1.165) is 0 Å². The van der Waals surface area contributed by atoms with E-state index in [0.29, 0.717) is 10.6 Å². The van der Waals surface area contributed by atoms with Gasteiger partial charge in [0.25, 0.3) is 0 Å². The lowest BCUT2D eigenvalue weighted by atomic mass is 10.1. The molecule has 0 N–H and O–H groups in total. The van der Waals surface area contributed by atoms with Gasteiger partial charge in [-0.1, -0.05) is 41.9 Å². The Kier molecular flexibility index (Phi) is 4.98. The van der Waals surface area contributed by atoms with Crippen LogP contribution in [0.2, 0.25) is 5.02 Å². The molecule has 0 saturated heterocycles. The van der Waals surface area contributed by atoms with Crippen LogP contribution in [-0.2, 0) is 0 Å². The minimum Gasteiger partial charge on any atom is -0.208 e. The molecule has 1 aromatic heterocycles. The molecule has 0 spiro atoms. The fraction of sp³-hybridized carbons (Fsp3) is 0. The summed E-state index contributed by atoms with van der Waals surface area (Å²) in [6.45, 7) is 0. The zero-order chi connectivity index (χ0) is 20.4. The Labute approximate surface area is 170 Å². The minimum absolute atomic E-state index is 0.00983. The lowest BCUT2D eigenvalue weighted by Crippen LogP contribution is -2.02. The zero-order valence-corrected chi connectivity index (χ0v) is 15.5. The topological polar surface area (TPSA) is 62.5 Å². The second-order valence-corrected chi connectivity index (χ2v) is 6.54. The summed E-state index contributed by atoms with van der Waals surface area (Å²) in [5.41, 5.74) is 0.984. The number of hydrogen-bond donors (Lipinski definition) is 0. The van der Waals surface area contributed by atoms with Crippen molar-refractivity contribution < 1.29 is 8.78 Å². The van der Waals surface area contributed by atoms with E-state index in [1.807, 2.05) is 12.1 Å². The first-order valence-electron chi connectivity index (χ1n) is 8.52. The maximum atomic E-state index is 14.5. The minimum atomic E-state index is -0.605. The van der Waals surface area contributed by atoms with Gasteiger partial charge in [-0.3, -0.25) is 0 Å². The molecule has 0 fully saturated rings. The first-order chi connectivity index (χ1) is 14.0. The number of nitrogens with zero attached hydrogens (tertiary/aromatic N) is 4. The summed E-state index contributed by atoms with van der Waals surface area (Å²) in [6, 6.07) is 18.8. The average Bonchev–Trinajstić information content (AvgIpc) is 2.76. The first-order valence-corrected chi connectivity index (χ1v) is 8.90. The van der Waals surface area contributed by atoms with Crippen LogP contribution in [0.4, 0.5) is 8.78 Å². The second-order valence-electron chi connectivity index (χ2n) is 6.10. The third-order valence-corrected chi connectivity index (χ3v) is 4.41. The van der Waals surface area contributed by atoms with Crippen molar-refractivity contribution in [2.24, 2.45) is 0 Å². The van der Waals surface area contributed by atoms with E-state index in [1.54, 1.807) is 24.3 Å². The van der Waals surface area contributed by atoms with E-state index < -0.39 is 11.6 Å². The largest absolute Gasteiger partial charge is 0.208 e. The summed E-state index contributed by atoms with van der Waals surface area (Å²) in [4.78, 5) is 13.0. The number of aromatic nitrogens is 3. The van der Waals surface area contributed by atoms with Crippen molar-refractivity contribution >= 4 is 11.6 Å². The Morgan fingerprint density at radius 3 is 1.97 bits per heavy atom. The van der Waals surface area contributed by atoms with Gasteiger partial charge < -0.3 is 0 Å². The van der Waals surface area contributed by atoms with Crippen LogP contribution >= 0.6 is 11.6 Å². The average molecular weight is 405 g/mol. The molecule has 7 heteroatoms. The molecule has 29 heavy (non-hydrogen) atoms. The molecular weight excluding hydrogens is 394 g/mol. The van der Waals surface area contributed by atoms with Gasteiger partial charge in [0.2, 0.25) is 0 Å². The van der Waals surface area contributed by atoms with Crippen molar-refractivity contribution in [2.45, 2.75) is 0 Å². The van der Waals surface area contributed by atoms with E-state index in [1.165, 1.54) is 36.4 Å². The van der Waals surface area contributed by atoms with Crippen molar-refractivity contribution in [1.82, 2.24) is 15.0 Å². The van der Waals surface area contributed by atoms with Crippen molar-refractivity contribution in [3.63, 3.8) is 0 Å². The molecule has 0 unspecified atom stereocenters. The van der Waals surface area contributed by atoms with Gasteiger partial charge in [0.1, 0.15) is 11.6 Å². The van der Waals surface area contributed by atoms with Crippen LogP contribution in [0.3, 0.4) is 0 Å². The number of hydrogen-bond acceptors (Lipinski definition) is 4. The van der Waals surface area contributed by atoms with Crippen LogP contribution in [0.15, 0.2) is 66.7 Å². The third kappa shape index (κ3) is 3.82. The van der Waals surface area contributed by atoms with Crippen LogP contribution in [0.5, 0.6) is 0 Å². The van der Waals surface area contributed by atoms with Gasteiger partial charge in [-0.25, -0.2) is 23.7 Å². The molecule has 140 valence electrons. The molecule has 0 bridgehead atoms. The molecule has 0 radical (unpaired) electrons. The summed E-state index contributed by atoms with van der Waals surface area (Å²) >= 11 is 6.01. The summed E-state index contributed by atoms with van der Waals surface area (Å²) in [5, 5.41) is 9.45. The fourth-order valence-electron chi connectivity index (χ4n) is 2.77. The highest BCUT2D eigenvalue weighted by Gasteiger charge is 2.17. The molecule has 3 aromatic carbocycles. The number of benzene rings is 3. The monoisotopic (exact) mass is 404 g/mol. The molecule has 4 nitrogen and oxygen atoms in total. The fourth-order valence-corrected chi connectivity index (χ4v) is 2.94. The van der Waals surface area contributed by atoms with E-state index in [4.69, 9.17) is 16.9 Å². The quantitative estimate of drug-likeness (QED) is 0.441. The molecule has 4 rings (SSSR count). The van der Waals surface area contributed by atoms with Gasteiger partial charge in [-0.2, -0.15) is 5.26 Å². The maximum absolute atomic E-state index is 14.5. The summed E-state index contributed by atoms with van der Waals surface area (Å²) < 4.78 is 28.9. The molecule has 0 saturated carbocycles. The van der Waals surface area contributed by atoms with Crippen molar-refractivity contribution in [3.05, 3.63) is 89.0 Å². The van der Waals surface area contributed by atoms with E-state index in [9.17, 15) is 8.78 Å². The van der Waals surface area contributed by atoms with Gasteiger partial charge in [-0.15, -0.1) is 0 Å². The summed E-state index contributed by atoms with van der Waals surface area (Å²) in [6.07, 6.45) is 0. The standard InChI is InChI=1S/C22H11ClF2N4/c23-15-7-9-19(25)17(11-15)22-28-20(14-4-2-1-3-5-14)27-21(29-22)16-10-13(12-26)6-8-18(16)24/h1-11H. The molecule has 0 aliphatic carbocycles. The van der Waals surface area contributed by atoms with Crippen LogP contribution in [0, 0.1) is 23.0 Å². The molecule has 4 aromatic rings. The first kappa shape index (κ1) is 18.7. The summed E-state index contributed by atoms with van der Waals surface area (Å²) in [7, 11) is 0. The Morgan fingerprint density at radius 2 is 1.31 bits per heavy atom. The number of nitriles is 1. The van der Waals surface area contributed by atoms with Crippen molar-refractivity contribution in [1.29, 1.82) is 5.26 Å². The Bertz CT molecular complexity index is 1250. The molecule has 1 heterocycles. The zero-order valence-electron chi connectivity index (χ0n) is 14.8. The molecule has 0 aliphatic heterocycles. The van der Waals surface area contributed by atoms with Crippen molar-refractivity contribution in [2.75, 3.05) is 0 Å². The van der Waals surface area contributed by atoms with E-state index in [-0.39, 0.29) is 34.2 Å². The van der Waals surface area contributed by atoms with Crippen LogP contribution in [0.1, 0.15) is 5.56 Å². The van der Waals surface area contributed by atoms with Crippen molar-refractivity contribution in [3.8, 4) is 40.2 Å². The van der Waals surface area contributed by atoms with Gasteiger partial charge in [0, 0.05) is 10.6 Å². The number of halogens is 3. The molecule has 0 amide bonds. The van der Waals surface area contributed by atoms with Crippen LogP contribution < -0.4 is 0 Å². The smallest absolute Gasteiger partial charge is 0.167 e. The Morgan fingerprint density at radius 1 is 0.724 bits per heavy atom. The SMILES string of the molecule is N#Cc1ccc(F)c(-c2nc(-c3ccccc3)nc(-c3cc(Cl)ccc3F)n2)c1. The van der Waals surface area contributed by atoms with E-state index >= 15 is 0 Å². The summed E-state index contributed by atoms with van der Waals surface area (Å²) in [5.74, 6) is -0.936. The lowest BCUT2D eigenvalue weighted by molar-refractivity contribution is 0.628. The Balaban J connectivity index is 1.99. The molecule has 0 atom stereocenters. The molecule has 0 aliphatic rings. The Hall–Kier alpha value is -3.69. The van der Waals surface area contributed by atoms with Gasteiger partial charge in [0.05, 0.1) is 22.8 Å². The van der Waals surface area contributed by atoms with Gasteiger partial charge >= 0.3 is 0 Å². The second kappa shape index (κ2) is 7.74. The highest BCUT2D eigenvalue weighted by Crippen LogP contribution is 2.29. The van der Waals surface area contributed by atoms with Crippen LogP contribution in [-0.4, -0.2) is 15.0 Å². The predicted molar refractivity (Wildman–Crippen MR) is 106 cm³/mol. The maximum Gasteiger partial charge on any atom is 0.167 e. The van der Waals surface area contributed by atoms with E-state index in [2.05, 4.69) is 15.0 Å². The van der Waals surface area contributed by atoms with Gasteiger partial charge in [-0.05, 0) is 36.4 Å². The number of rotatable bonds is 3. The van der Waals surface area contributed by atoms with Gasteiger partial charge in [0.15, 0.2) is 17.5 Å². The predicted octanol–water partition coefficient (Wildman–Crippen LogP) is 5.68.